The van der Waals surface area contributed by atoms with Gasteiger partial charge in [0.1, 0.15) is 0 Å². The van der Waals surface area contributed by atoms with Crippen LogP contribution in [0, 0.1) is 6.92 Å². The van der Waals surface area contributed by atoms with Crippen LogP contribution in [-0.2, 0) is 9.53 Å². The predicted molar refractivity (Wildman–Crippen MR) is 112 cm³/mol. The Balaban J connectivity index is 1.74. The lowest BCUT2D eigenvalue weighted by Crippen LogP contribution is -2.27. The summed E-state index contributed by atoms with van der Waals surface area (Å²) in [5.74, 6) is -0.0721. The van der Waals surface area contributed by atoms with E-state index in [2.05, 4.69) is 34.6 Å². The smallest absolute Gasteiger partial charge is 0.257 e. The van der Waals surface area contributed by atoms with Crippen LogP contribution in [0.5, 0.6) is 0 Å². The molecule has 0 saturated carbocycles. The SMILES string of the molecule is CCCN(CCOC)c1ccc(NC=C2C(=O)Nc3cccc(C)c32)cc1. The van der Waals surface area contributed by atoms with Gasteiger partial charge in [0.25, 0.3) is 5.91 Å². The number of fused-ring (bicyclic) bond motifs is 1. The van der Waals surface area contributed by atoms with Crippen LogP contribution in [0.15, 0.2) is 48.7 Å². The molecule has 1 amide bonds. The molecule has 0 radical (unpaired) electrons. The van der Waals surface area contributed by atoms with Gasteiger partial charge in [-0.15, -0.1) is 0 Å². The summed E-state index contributed by atoms with van der Waals surface area (Å²) in [6, 6.07) is 14.2. The minimum Gasteiger partial charge on any atom is -0.383 e. The Morgan fingerprint density at radius 1 is 1.15 bits per heavy atom. The van der Waals surface area contributed by atoms with Crippen LogP contribution in [0.25, 0.3) is 5.57 Å². The van der Waals surface area contributed by atoms with Gasteiger partial charge in [-0.25, -0.2) is 0 Å². The first-order valence-corrected chi connectivity index (χ1v) is 9.36. The number of ether oxygens (including phenoxy) is 1. The van der Waals surface area contributed by atoms with E-state index >= 15 is 0 Å². The average Bonchev–Trinajstić information content (AvgIpc) is 3.00. The lowest BCUT2D eigenvalue weighted by Gasteiger charge is -2.24. The van der Waals surface area contributed by atoms with Crippen molar-refractivity contribution in [3.05, 3.63) is 59.8 Å². The van der Waals surface area contributed by atoms with Crippen molar-refractivity contribution in [1.29, 1.82) is 0 Å². The average molecular weight is 365 g/mol. The molecular weight excluding hydrogens is 338 g/mol. The highest BCUT2D eigenvalue weighted by atomic mass is 16.5. The molecule has 0 aromatic heterocycles. The minimum atomic E-state index is -0.0721. The van der Waals surface area contributed by atoms with Crippen molar-refractivity contribution < 1.29 is 9.53 Å². The lowest BCUT2D eigenvalue weighted by molar-refractivity contribution is -0.110. The molecule has 142 valence electrons. The van der Waals surface area contributed by atoms with Gasteiger partial charge in [0, 0.05) is 49.0 Å². The standard InChI is InChI=1S/C22H27N3O2/c1-4-12-25(13-14-27-3)18-10-8-17(9-11-18)23-15-19-21-16(2)6-5-7-20(21)24-22(19)26/h5-11,15,23H,4,12-14H2,1-3H3,(H,24,26). The van der Waals surface area contributed by atoms with E-state index < -0.39 is 0 Å². The third-order valence-corrected chi connectivity index (χ3v) is 4.71. The van der Waals surface area contributed by atoms with Gasteiger partial charge in [0.05, 0.1) is 12.2 Å². The fraction of sp³-hybridized carbons (Fsp3) is 0.318. The molecule has 2 aromatic carbocycles. The summed E-state index contributed by atoms with van der Waals surface area (Å²) in [6.45, 7) is 6.77. The Morgan fingerprint density at radius 3 is 2.63 bits per heavy atom. The van der Waals surface area contributed by atoms with Crippen molar-refractivity contribution in [2.24, 2.45) is 0 Å². The highest BCUT2D eigenvalue weighted by molar-refractivity contribution is 6.32. The van der Waals surface area contributed by atoms with Crippen molar-refractivity contribution in [3.63, 3.8) is 0 Å². The third-order valence-electron chi connectivity index (χ3n) is 4.71. The Morgan fingerprint density at radius 2 is 1.93 bits per heavy atom. The summed E-state index contributed by atoms with van der Waals surface area (Å²) in [4.78, 5) is 14.6. The number of carbonyl (C=O) groups excluding carboxylic acids is 1. The van der Waals surface area contributed by atoms with Crippen LogP contribution in [0.4, 0.5) is 17.1 Å². The maximum Gasteiger partial charge on any atom is 0.257 e. The molecule has 0 bridgehead atoms. The van der Waals surface area contributed by atoms with Gasteiger partial charge in [-0.05, 0) is 49.2 Å². The zero-order valence-electron chi connectivity index (χ0n) is 16.2. The molecule has 5 heteroatoms. The van der Waals surface area contributed by atoms with Crippen LogP contribution in [-0.4, -0.2) is 32.7 Å². The summed E-state index contributed by atoms with van der Waals surface area (Å²) in [5.41, 5.74) is 5.72. The van der Waals surface area contributed by atoms with Crippen LogP contribution in [0.3, 0.4) is 0 Å². The van der Waals surface area contributed by atoms with Crippen LogP contribution >= 0.6 is 0 Å². The number of hydrogen-bond donors (Lipinski definition) is 2. The number of aryl methyl sites for hydroxylation is 1. The number of carbonyl (C=O) groups is 1. The van der Waals surface area contributed by atoms with E-state index in [0.717, 1.165) is 42.0 Å². The van der Waals surface area contributed by atoms with Crippen molar-refractivity contribution in [2.75, 3.05) is 42.3 Å². The van der Waals surface area contributed by atoms with E-state index in [1.807, 2.05) is 37.3 Å². The van der Waals surface area contributed by atoms with E-state index in [9.17, 15) is 4.79 Å². The Hall–Kier alpha value is -2.79. The molecular formula is C22H27N3O2. The summed E-state index contributed by atoms with van der Waals surface area (Å²) in [6.07, 6.45) is 2.88. The van der Waals surface area contributed by atoms with Crippen LogP contribution in [0.2, 0.25) is 0 Å². The summed E-state index contributed by atoms with van der Waals surface area (Å²) < 4.78 is 5.21. The van der Waals surface area contributed by atoms with E-state index in [-0.39, 0.29) is 5.91 Å². The minimum absolute atomic E-state index is 0.0721. The number of nitrogens with one attached hydrogen (secondary N) is 2. The highest BCUT2D eigenvalue weighted by Gasteiger charge is 2.25. The van der Waals surface area contributed by atoms with Gasteiger partial charge in [-0.1, -0.05) is 19.1 Å². The van der Waals surface area contributed by atoms with E-state index in [0.29, 0.717) is 12.2 Å². The molecule has 0 saturated heterocycles. The maximum absolute atomic E-state index is 12.3. The van der Waals surface area contributed by atoms with Gasteiger partial charge in [-0.3, -0.25) is 4.79 Å². The largest absolute Gasteiger partial charge is 0.383 e. The van der Waals surface area contributed by atoms with Gasteiger partial charge < -0.3 is 20.3 Å². The molecule has 3 rings (SSSR count). The van der Waals surface area contributed by atoms with E-state index in [1.54, 1.807) is 13.3 Å². The molecule has 27 heavy (non-hydrogen) atoms. The highest BCUT2D eigenvalue weighted by Crippen LogP contribution is 2.34. The zero-order valence-corrected chi connectivity index (χ0v) is 16.2. The number of nitrogens with zero attached hydrogens (tertiary/aromatic N) is 1. The predicted octanol–water partition coefficient (Wildman–Crippen LogP) is 4.26. The molecule has 2 N–H and O–H groups in total. The molecule has 1 aliphatic heterocycles. The maximum atomic E-state index is 12.3. The Labute approximate surface area is 161 Å². The second-order valence-electron chi connectivity index (χ2n) is 6.68. The van der Waals surface area contributed by atoms with E-state index in [1.165, 1.54) is 5.69 Å². The molecule has 0 aliphatic carbocycles. The molecule has 0 spiro atoms. The molecule has 1 heterocycles. The second kappa shape index (κ2) is 8.73. The number of methoxy groups -OCH3 is 1. The first kappa shape index (κ1) is 19.0. The Bertz CT molecular complexity index is 828. The van der Waals surface area contributed by atoms with Crippen LogP contribution < -0.4 is 15.5 Å². The number of hydrogen-bond acceptors (Lipinski definition) is 4. The van der Waals surface area contributed by atoms with Crippen molar-refractivity contribution in [1.82, 2.24) is 0 Å². The monoisotopic (exact) mass is 365 g/mol. The summed E-state index contributed by atoms with van der Waals surface area (Å²) in [5, 5.41) is 6.18. The third kappa shape index (κ3) is 4.31. The molecule has 5 nitrogen and oxygen atoms in total. The summed E-state index contributed by atoms with van der Waals surface area (Å²) >= 11 is 0. The topological polar surface area (TPSA) is 53.6 Å². The number of benzene rings is 2. The molecule has 0 unspecified atom stereocenters. The molecule has 2 aromatic rings. The van der Waals surface area contributed by atoms with E-state index in [4.69, 9.17) is 4.74 Å². The molecule has 1 aliphatic rings. The lowest BCUT2D eigenvalue weighted by atomic mass is 10.0. The van der Waals surface area contributed by atoms with Crippen molar-refractivity contribution in [3.8, 4) is 0 Å². The normalized spacial score (nSPS) is 14.2. The fourth-order valence-corrected chi connectivity index (χ4v) is 3.34. The number of amides is 1. The van der Waals surface area contributed by atoms with Crippen LogP contribution in [0.1, 0.15) is 24.5 Å². The summed E-state index contributed by atoms with van der Waals surface area (Å²) in [7, 11) is 1.73. The molecule has 0 atom stereocenters. The first-order valence-electron chi connectivity index (χ1n) is 9.36. The number of anilines is 3. The molecule has 0 fully saturated rings. The second-order valence-corrected chi connectivity index (χ2v) is 6.68. The quantitative estimate of drug-likeness (QED) is 0.686. The van der Waals surface area contributed by atoms with Gasteiger partial charge >= 0.3 is 0 Å². The van der Waals surface area contributed by atoms with Gasteiger partial charge in [-0.2, -0.15) is 0 Å². The van der Waals surface area contributed by atoms with Crippen molar-refractivity contribution >= 4 is 28.5 Å². The number of rotatable bonds is 8. The fourth-order valence-electron chi connectivity index (χ4n) is 3.34. The van der Waals surface area contributed by atoms with Gasteiger partial charge in [0.2, 0.25) is 0 Å². The van der Waals surface area contributed by atoms with Crippen molar-refractivity contribution in [2.45, 2.75) is 20.3 Å². The zero-order chi connectivity index (χ0) is 19.2. The first-order chi connectivity index (χ1) is 13.1. The van der Waals surface area contributed by atoms with Gasteiger partial charge in [0.15, 0.2) is 0 Å². The Kier molecular flexibility index (Phi) is 6.14.